The Bertz CT molecular complexity index is 301. The van der Waals surface area contributed by atoms with Gasteiger partial charge in [-0.25, -0.2) is 0 Å². The number of nitrogens with one attached hydrogen (secondary N) is 1. The monoisotopic (exact) mass is 242 g/mol. The smallest absolute Gasteiger partial charge is 0.0582 e. The Morgan fingerprint density at radius 3 is 2.88 bits per heavy atom. The summed E-state index contributed by atoms with van der Waals surface area (Å²) in [6.45, 7) is 5.17. The summed E-state index contributed by atoms with van der Waals surface area (Å²) in [6.07, 6.45) is 2.08. The molecule has 0 bridgehead atoms. The van der Waals surface area contributed by atoms with Crippen molar-refractivity contribution in [3.8, 4) is 0 Å². The zero-order valence-electron chi connectivity index (χ0n) is 10.3. The predicted molar refractivity (Wildman–Crippen MR) is 69.4 cm³/mol. The molecule has 0 saturated carbocycles. The fraction of sp³-hybridized carbons (Fsp3) is 0.667. The largest absolute Gasteiger partial charge is 0.385 e. The first-order valence-electron chi connectivity index (χ1n) is 5.75. The van der Waals surface area contributed by atoms with Crippen molar-refractivity contribution in [3.63, 3.8) is 0 Å². The molecule has 0 fully saturated rings. The van der Waals surface area contributed by atoms with Gasteiger partial charge in [0.2, 0.25) is 0 Å². The van der Waals surface area contributed by atoms with Crippen LogP contribution in [0.3, 0.4) is 0 Å². The quantitative estimate of drug-likeness (QED) is 0.570. The van der Waals surface area contributed by atoms with Gasteiger partial charge in [0.05, 0.1) is 6.04 Å². The van der Waals surface area contributed by atoms with Crippen molar-refractivity contribution in [1.82, 2.24) is 5.43 Å². The van der Waals surface area contributed by atoms with Crippen molar-refractivity contribution in [2.75, 3.05) is 13.7 Å². The summed E-state index contributed by atoms with van der Waals surface area (Å²) >= 11 is 1.79. The molecule has 0 spiro atoms. The number of rotatable bonds is 7. The van der Waals surface area contributed by atoms with Crippen LogP contribution in [0.4, 0.5) is 0 Å². The second-order valence-corrected chi connectivity index (χ2v) is 5.01. The number of methoxy groups -OCH3 is 1. The Kier molecular flexibility index (Phi) is 5.98. The van der Waals surface area contributed by atoms with Crippen LogP contribution in [0.2, 0.25) is 0 Å². The van der Waals surface area contributed by atoms with E-state index in [2.05, 4.69) is 30.7 Å². The standard InChI is InChI=1S/C12H22N2OS/c1-4-10-6-8-16-12(10)11(14-13)9(2)5-7-15-3/h6,8-9,11,14H,4-5,7,13H2,1-3H3. The molecular formula is C12H22N2OS. The Balaban J connectivity index is 2.73. The summed E-state index contributed by atoms with van der Waals surface area (Å²) in [7, 11) is 1.74. The van der Waals surface area contributed by atoms with Gasteiger partial charge in [-0.05, 0) is 35.8 Å². The number of hydrogen-bond donors (Lipinski definition) is 2. The lowest BCUT2D eigenvalue weighted by Gasteiger charge is -2.23. The van der Waals surface area contributed by atoms with E-state index < -0.39 is 0 Å². The lowest BCUT2D eigenvalue weighted by atomic mass is 9.95. The maximum Gasteiger partial charge on any atom is 0.0582 e. The minimum absolute atomic E-state index is 0.241. The third-order valence-corrected chi connectivity index (χ3v) is 4.01. The van der Waals surface area contributed by atoms with E-state index >= 15 is 0 Å². The van der Waals surface area contributed by atoms with Crippen LogP contribution in [0.1, 0.15) is 36.8 Å². The maximum atomic E-state index is 5.68. The molecule has 1 rings (SSSR count). The predicted octanol–water partition coefficient (Wildman–Crippen LogP) is 2.49. The zero-order chi connectivity index (χ0) is 12.0. The normalized spacial score (nSPS) is 15.0. The van der Waals surface area contributed by atoms with E-state index in [1.54, 1.807) is 18.4 Å². The van der Waals surface area contributed by atoms with Crippen molar-refractivity contribution in [3.05, 3.63) is 21.9 Å². The molecule has 2 unspecified atom stereocenters. The molecule has 3 nitrogen and oxygen atoms in total. The van der Waals surface area contributed by atoms with Crippen LogP contribution in [0.5, 0.6) is 0 Å². The highest BCUT2D eigenvalue weighted by atomic mass is 32.1. The number of thiophene rings is 1. The van der Waals surface area contributed by atoms with Gasteiger partial charge in [0.25, 0.3) is 0 Å². The fourth-order valence-corrected chi connectivity index (χ4v) is 3.07. The molecule has 4 heteroatoms. The zero-order valence-corrected chi connectivity index (χ0v) is 11.1. The Labute approximate surface area is 102 Å². The van der Waals surface area contributed by atoms with E-state index in [0.29, 0.717) is 5.92 Å². The molecule has 1 heterocycles. The highest BCUT2D eigenvalue weighted by molar-refractivity contribution is 7.10. The number of hydrazine groups is 1. The third-order valence-electron chi connectivity index (χ3n) is 2.97. The third kappa shape index (κ3) is 3.28. The van der Waals surface area contributed by atoms with Gasteiger partial charge in [0, 0.05) is 18.6 Å². The van der Waals surface area contributed by atoms with E-state index in [9.17, 15) is 0 Å². The first-order chi connectivity index (χ1) is 7.74. The van der Waals surface area contributed by atoms with Gasteiger partial charge in [0.15, 0.2) is 0 Å². The molecule has 92 valence electrons. The van der Waals surface area contributed by atoms with E-state index in [1.165, 1.54) is 10.4 Å². The van der Waals surface area contributed by atoms with Crippen LogP contribution >= 0.6 is 11.3 Å². The summed E-state index contributed by atoms with van der Waals surface area (Å²) in [6, 6.07) is 2.43. The SMILES string of the molecule is CCc1ccsc1C(NN)C(C)CCOC. The summed E-state index contributed by atoms with van der Waals surface area (Å²) < 4.78 is 5.12. The van der Waals surface area contributed by atoms with Crippen LogP contribution < -0.4 is 11.3 Å². The van der Waals surface area contributed by atoms with Crippen LogP contribution in [0, 0.1) is 5.92 Å². The molecular weight excluding hydrogens is 220 g/mol. The van der Waals surface area contributed by atoms with Crippen LogP contribution in [0.15, 0.2) is 11.4 Å². The van der Waals surface area contributed by atoms with E-state index in [0.717, 1.165) is 19.4 Å². The lowest BCUT2D eigenvalue weighted by Crippen LogP contribution is -2.33. The first-order valence-corrected chi connectivity index (χ1v) is 6.63. The van der Waals surface area contributed by atoms with Gasteiger partial charge in [-0.1, -0.05) is 13.8 Å². The second kappa shape index (κ2) is 7.01. The molecule has 1 aromatic rings. The van der Waals surface area contributed by atoms with Gasteiger partial charge in [0.1, 0.15) is 0 Å². The molecule has 3 N–H and O–H groups in total. The number of ether oxygens (including phenoxy) is 1. The molecule has 0 aliphatic rings. The van der Waals surface area contributed by atoms with Crippen LogP contribution in [-0.2, 0) is 11.2 Å². The van der Waals surface area contributed by atoms with Crippen molar-refractivity contribution >= 4 is 11.3 Å². The number of nitrogens with two attached hydrogens (primary N) is 1. The minimum atomic E-state index is 0.241. The van der Waals surface area contributed by atoms with Gasteiger partial charge in [-0.3, -0.25) is 11.3 Å². The molecule has 0 saturated heterocycles. The lowest BCUT2D eigenvalue weighted by molar-refractivity contribution is 0.170. The van der Waals surface area contributed by atoms with E-state index in [1.807, 2.05) is 0 Å². The molecule has 16 heavy (non-hydrogen) atoms. The van der Waals surface area contributed by atoms with Crippen molar-refractivity contribution in [1.29, 1.82) is 0 Å². The molecule has 0 aliphatic heterocycles. The molecule has 0 amide bonds. The molecule has 1 aromatic heterocycles. The van der Waals surface area contributed by atoms with Gasteiger partial charge in [-0.2, -0.15) is 0 Å². The van der Waals surface area contributed by atoms with Crippen molar-refractivity contribution < 1.29 is 4.74 Å². The molecule has 0 radical (unpaired) electrons. The molecule has 2 atom stereocenters. The van der Waals surface area contributed by atoms with Gasteiger partial charge < -0.3 is 4.74 Å². The highest BCUT2D eigenvalue weighted by Crippen LogP contribution is 2.31. The topological polar surface area (TPSA) is 47.3 Å². The highest BCUT2D eigenvalue weighted by Gasteiger charge is 2.21. The van der Waals surface area contributed by atoms with Crippen molar-refractivity contribution in [2.24, 2.45) is 11.8 Å². The minimum Gasteiger partial charge on any atom is -0.385 e. The Hall–Kier alpha value is -0.420. The fourth-order valence-electron chi connectivity index (χ4n) is 1.88. The van der Waals surface area contributed by atoms with Gasteiger partial charge >= 0.3 is 0 Å². The van der Waals surface area contributed by atoms with Crippen LogP contribution in [0.25, 0.3) is 0 Å². The number of aryl methyl sites for hydroxylation is 1. The van der Waals surface area contributed by atoms with Crippen LogP contribution in [-0.4, -0.2) is 13.7 Å². The van der Waals surface area contributed by atoms with E-state index in [4.69, 9.17) is 10.6 Å². The average molecular weight is 242 g/mol. The van der Waals surface area contributed by atoms with Gasteiger partial charge in [-0.15, -0.1) is 11.3 Å². The Morgan fingerprint density at radius 1 is 1.56 bits per heavy atom. The summed E-state index contributed by atoms with van der Waals surface area (Å²) in [5, 5.41) is 2.14. The molecule has 0 aliphatic carbocycles. The summed E-state index contributed by atoms with van der Waals surface area (Å²) in [5.74, 6) is 6.16. The second-order valence-electron chi connectivity index (χ2n) is 4.07. The summed E-state index contributed by atoms with van der Waals surface area (Å²) in [5.41, 5.74) is 4.34. The maximum absolute atomic E-state index is 5.68. The Morgan fingerprint density at radius 2 is 2.31 bits per heavy atom. The summed E-state index contributed by atoms with van der Waals surface area (Å²) in [4.78, 5) is 1.37. The first kappa shape index (κ1) is 13.6. The number of hydrogen-bond acceptors (Lipinski definition) is 4. The molecule has 0 aromatic carbocycles. The van der Waals surface area contributed by atoms with E-state index in [-0.39, 0.29) is 6.04 Å². The van der Waals surface area contributed by atoms with Crippen molar-refractivity contribution in [2.45, 2.75) is 32.7 Å². The average Bonchev–Trinajstić information content (AvgIpc) is 2.75.